The number of carbonyl (C=O) groups is 1. The molecular formula is C14H10Br2ClNO. The van der Waals surface area contributed by atoms with E-state index in [9.17, 15) is 4.79 Å². The van der Waals surface area contributed by atoms with Crippen LogP contribution in [0.15, 0.2) is 45.3 Å². The highest BCUT2D eigenvalue weighted by atomic mass is 79.9. The van der Waals surface area contributed by atoms with Crippen LogP contribution in [-0.4, -0.2) is 5.91 Å². The summed E-state index contributed by atoms with van der Waals surface area (Å²) in [6, 6.07) is 10.8. The molecule has 2 aromatic carbocycles. The third-order valence-corrected chi connectivity index (χ3v) is 4.01. The average molecular weight is 404 g/mol. The molecule has 2 nitrogen and oxygen atoms in total. The first-order valence-corrected chi connectivity index (χ1v) is 7.46. The first kappa shape index (κ1) is 14.6. The van der Waals surface area contributed by atoms with E-state index in [0.717, 1.165) is 14.5 Å². The van der Waals surface area contributed by atoms with Gasteiger partial charge in [-0.3, -0.25) is 4.79 Å². The summed E-state index contributed by atoms with van der Waals surface area (Å²) in [6.45, 7) is 1.92. The van der Waals surface area contributed by atoms with Crippen LogP contribution in [0.2, 0.25) is 5.02 Å². The van der Waals surface area contributed by atoms with E-state index in [1.807, 2.05) is 25.1 Å². The highest BCUT2D eigenvalue weighted by Crippen LogP contribution is 2.25. The predicted octanol–water partition coefficient (Wildman–Crippen LogP) is 5.43. The summed E-state index contributed by atoms with van der Waals surface area (Å²) in [4.78, 5) is 12.2. The molecule has 0 spiro atoms. The Morgan fingerprint density at radius 2 is 1.89 bits per heavy atom. The van der Waals surface area contributed by atoms with Gasteiger partial charge in [0.2, 0.25) is 0 Å². The van der Waals surface area contributed by atoms with Gasteiger partial charge >= 0.3 is 0 Å². The summed E-state index contributed by atoms with van der Waals surface area (Å²) in [7, 11) is 0. The number of aryl methyl sites for hydroxylation is 1. The first-order valence-electron chi connectivity index (χ1n) is 5.50. The van der Waals surface area contributed by atoms with Gasteiger partial charge < -0.3 is 5.32 Å². The number of carbonyl (C=O) groups excluding carboxylic acids is 1. The molecule has 0 saturated heterocycles. The number of benzene rings is 2. The third-order valence-electron chi connectivity index (χ3n) is 2.62. The monoisotopic (exact) mass is 401 g/mol. The van der Waals surface area contributed by atoms with Crippen LogP contribution in [0.1, 0.15) is 15.9 Å². The lowest BCUT2D eigenvalue weighted by Gasteiger charge is -2.10. The van der Waals surface area contributed by atoms with Gasteiger partial charge in [0.15, 0.2) is 0 Å². The molecule has 1 N–H and O–H groups in total. The molecule has 0 atom stereocenters. The van der Waals surface area contributed by atoms with Crippen LogP contribution in [-0.2, 0) is 0 Å². The van der Waals surface area contributed by atoms with E-state index in [1.165, 1.54) is 0 Å². The maximum absolute atomic E-state index is 12.2. The Kier molecular flexibility index (Phi) is 4.66. The van der Waals surface area contributed by atoms with Crippen molar-refractivity contribution >= 4 is 55.1 Å². The Bertz CT molecular complexity index is 643. The maximum atomic E-state index is 12.2. The Morgan fingerprint density at radius 1 is 1.16 bits per heavy atom. The minimum atomic E-state index is -0.176. The fourth-order valence-electron chi connectivity index (χ4n) is 1.59. The van der Waals surface area contributed by atoms with E-state index in [-0.39, 0.29) is 5.91 Å². The van der Waals surface area contributed by atoms with Crippen molar-refractivity contribution in [2.45, 2.75) is 6.92 Å². The third kappa shape index (κ3) is 3.59. The maximum Gasteiger partial charge on any atom is 0.256 e. The second kappa shape index (κ2) is 6.07. The van der Waals surface area contributed by atoms with Gasteiger partial charge in [0.05, 0.1) is 5.56 Å². The molecule has 0 aliphatic carbocycles. The van der Waals surface area contributed by atoms with Gasteiger partial charge in [-0.2, -0.15) is 0 Å². The minimum Gasteiger partial charge on any atom is -0.322 e. The van der Waals surface area contributed by atoms with Crippen LogP contribution in [0.25, 0.3) is 0 Å². The van der Waals surface area contributed by atoms with Gasteiger partial charge in [0, 0.05) is 19.7 Å². The van der Waals surface area contributed by atoms with E-state index in [1.54, 1.807) is 18.2 Å². The van der Waals surface area contributed by atoms with Crippen molar-refractivity contribution < 1.29 is 4.79 Å². The minimum absolute atomic E-state index is 0.176. The molecule has 2 aromatic rings. The van der Waals surface area contributed by atoms with Crippen molar-refractivity contribution in [3.8, 4) is 0 Å². The molecule has 1 amide bonds. The number of hydrogen-bond donors (Lipinski definition) is 1. The van der Waals surface area contributed by atoms with Crippen LogP contribution >= 0.6 is 43.5 Å². The number of hydrogen-bond acceptors (Lipinski definition) is 1. The Balaban J connectivity index is 2.28. The summed E-state index contributed by atoms with van der Waals surface area (Å²) in [6.07, 6.45) is 0. The fourth-order valence-corrected chi connectivity index (χ4v) is 2.99. The average Bonchev–Trinajstić information content (AvgIpc) is 2.33. The molecule has 0 aromatic heterocycles. The van der Waals surface area contributed by atoms with Crippen molar-refractivity contribution in [1.29, 1.82) is 0 Å². The summed E-state index contributed by atoms with van der Waals surface area (Å²) in [5.74, 6) is -0.176. The summed E-state index contributed by atoms with van der Waals surface area (Å²) in [5.41, 5.74) is 2.25. The SMILES string of the molecule is Cc1ccc(Cl)cc1NC(=O)c1ccc(Br)cc1Br. The zero-order valence-electron chi connectivity index (χ0n) is 10.0. The van der Waals surface area contributed by atoms with Crippen molar-refractivity contribution in [1.82, 2.24) is 0 Å². The van der Waals surface area contributed by atoms with Crippen LogP contribution in [0, 0.1) is 6.92 Å². The van der Waals surface area contributed by atoms with Gasteiger partial charge in [-0.15, -0.1) is 0 Å². The van der Waals surface area contributed by atoms with Gasteiger partial charge in [-0.25, -0.2) is 0 Å². The molecule has 0 unspecified atom stereocenters. The Morgan fingerprint density at radius 3 is 2.58 bits per heavy atom. The van der Waals surface area contributed by atoms with E-state index < -0.39 is 0 Å². The number of halogens is 3. The highest BCUT2D eigenvalue weighted by Gasteiger charge is 2.11. The van der Waals surface area contributed by atoms with E-state index in [4.69, 9.17) is 11.6 Å². The smallest absolute Gasteiger partial charge is 0.256 e. The molecule has 19 heavy (non-hydrogen) atoms. The van der Waals surface area contributed by atoms with Crippen molar-refractivity contribution in [3.63, 3.8) is 0 Å². The van der Waals surface area contributed by atoms with Crippen molar-refractivity contribution in [2.75, 3.05) is 5.32 Å². The topological polar surface area (TPSA) is 29.1 Å². The number of nitrogens with one attached hydrogen (secondary N) is 1. The van der Waals surface area contributed by atoms with Crippen LogP contribution < -0.4 is 5.32 Å². The quantitative estimate of drug-likeness (QED) is 0.712. The van der Waals surface area contributed by atoms with Gasteiger partial charge in [0.25, 0.3) is 5.91 Å². The van der Waals surface area contributed by atoms with Gasteiger partial charge in [-0.1, -0.05) is 33.6 Å². The number of anilines is 1. The van der Waals surface area contributed by atoms with E-state index >= 15 is 0 Å². The fraction of sp³-hybridized carbons (Fsp3) is 0.0714. The standard InChI is InChI=1S/C14H10Br2ClNO/c1-8-2-4-10(17)7-13(8)18-14(19)11-5-3-9(15)6-12(11)16/h2-7H,1H3,(H,18,19). The van der Waals surface area contributed by atoms with Crippen molar-refractivity contribution in [2.24, 2.45) is 0 Å². The molecule has 0 fully saturated rings. The molecule has 0 saturated carbocycles. The van der Waals surface area contributed by atoms with E-state index in [0.29, 0.717) is 16.3 Å². The van der Waals surface area contributed by atoms with Crippen LogP contribution in [0.3, 0.4) is 0 Å². The lowest BCUT2D eigenvalue weighted by Crippen LogP contribution is -2.13. The lowest BCUT2D eigenvalue weighted by atomic mass is 10.1. The largest absolute Gasteiger partial charge is 0.322 e. The molecule has 0 radical (unpaired) electrons. The molecule has 0 bridgehead atoms. The van der Waals surface area contributed by atoms with E-state index in [2.05, 4.69) is 37.2 Å². The molecular weight excluding hydrogens is 393 g/mol. The Hall–Kier alpha value is -0.840. The zero-order chi connectivity index (χ0) is 14.0. The molecule has 0 aliphatic rings. The molecule has 98 valence electrons. The second-order valence-electron chi connectivity index (χ2n) is 4.04. The first-order chi connectivity index (χ1) is 8.97. The van der Waals surface area contributed by atoms with Gasteiger partial charge in [-0.05, 0) is 58.7 Å². The summed E-state index contributed by atoms with van der Waals surface area (Å²) in [5, 5.41) is 3.45. The molecule has 5 heteroatoms. The predicted molar refractivity (Wildman–Crippen MR) is 86.0 cm³/mol. The number of rotatable bonds is 2. The Labute approximate surface area is 133 Å². The van der Waals surface area contributed by atoms with Crippen molar-refractivity contribution in [3.05, 3.63) is 61.5 Å². The molecule has 0 aliphatic heterocycles. The zero-order valence-corrected chi connectivity index (χ0v) is 13.9. The van der Waals surface area contributed by atoms with Crippen LogP contribution in [0.4, 0.5) is 5.69 Å². The summed E-state index contributed by atoms with van der Waals surface area (Å²) >= 11 is 12.7. The second-order valence-corrected chi connectivity index (χ2v) is 6.24. The highest BCUT2D eigenvalue weighted by molar-refractivity contribution is 9.11. The normalized spacial score (nSPS) is 10.3. The van der Waals surface area contributed by atoms with Gasteiger partial charge in [0.1, 0.15) is 0 Å². The van der Waals surface area contributed by atoms with Crippen LogP contribution in [0.5, 0.6) is 0 Å². The summed E-state index contributed by atoms with van der Waals surface area (Å²) < 4.78 is 1.65. The lowest BCUT2D eigenvalue weighted by molar-refractivity contribution is 0.102. The number of amides is 1. The molecule has 2 rings (SSSR count). The molecule has 0 heterocycles.